The van der Waals surface area contributed by atoms with Gasteiger partial charge in [0.2, 0.25) is 0 Å². The maximum absolute atomic E-state index is 13.9. The van der Waals surface area contributed by atoms with Crippen molar-refractivity contribution in [2.24, 2.45) is 0 Å². The van der Waals surface area contributed by atoms with Gasteiger partial charge in [-0.1, -0.05) is 17.7 Å². The van der Waals surface area contributed by atoms with E-state index in [0.717, 1.165) is 6.07 Å². The third-order valence-electron chi connectivity index (χ3n) is 2.99. The number of sulfonamides is 1. The number of aliphatic hydroxyl groups excluding tert-OH is 1. The Morgan fingerprint density at radius 3 is 2.70 bits per heavy atom. The molecular formula is C15H15ClFNO4S. The fourth-order valence-corrected chi connectivity index (χ4v) is 3.35. The lowest BCUT2D eigenvalue weighted by Crippen LogP contribution is -2.15. The lowest BCUT2D eigenvalue weighted by Gasteiger charge is -2.13. The quantitative estimate of drug-likeness (QED) is 0.830. The van der Waals surface area contributed by atoms with Gasteiger partial charge in [0, 0.05) is 11.3 Å². The third kappa shape index (κ3) is 3.93. The molecule has 8 heteroatoms. The van der Waals surface area contributed by atoms with E-state index in [1.165, 1.54) is 30.3 Å². The van der Waals surface area contributed by atoms with Crippen LogP contribution in [0.25, 0.3) is 0 Å². The van der Waals surface area contributed by atoms with Gasteiger partial charge in [0.1, 0.15) is 10.6 Å². The van der Waals surface area contributed by atoms with Crippen molar-refractivity contribution in [3.8, 4) is 5.75 Å². The van der Waals surface area contributed by atoms with Crippen LogP contribution in [0, 0.1) is 5.82 Å². The summed E-state index contributed by atoms with van der Waals surface area (Å²) in [6, 6.07) is 8.13. The first-order chi connectivity index (χ1) is 10.9. The molecule has 0 unspecified atom stereocenters. The number of rotatable bonds is 6. The van der Waals surface area contributed by atoms with Gasteiger partial charge in [-0.05, 0) is 37.3 Å². The molecule has 0 saturated heterocycles. The minimum atomic E-state index is -4.15. The Labute approximate surface area is 138 Å². The molecule has 0 saturated carbocycles. The number of nitrogens with one attached hydrogen (secondary N) is 1. The molecule has 23 heavy (non-hydrogen) atoms. The summed E-state index contributed by atoms with van der Waals surface area (Å²) >= 11 is 5.61. The molecule has 0 bridgehead atoms. The van der Waals surface area contributed by atoms with Crippen LogP contribution in [-0.4, -0.2) is 20.1 Å². The normalized spacial score (nSPS) is 11.3. The summed E-state index contributed by atoms with van der Waals surface area (Å²) in [6.07, 6.45) is 0. The number of hydrogen-bond donors (Lipinski definition) is 2. The summed E-state index contributed by atoms with van der Waals surface area (Å²) in [4.78, 5) is -0.551. The molecule has 0 heterocycles. The predicted molar refractivity (Wildman–Crippen MR) is 85.8 cm³/mol. The zero-order valence-corrected chi connectivity index (χ0v) is 13.8. The second-order valence-corrected chi connectivity index (χ2v) is 6.63. The van der Waals surface area contributed by atoms with E-state index in [9.17, 15) is 17.9 Å². The number of anilines is 1. The van der Waals surface area contributed by atoms with Gasteiger partial charge in [-0.2, -0.15) is 0 Å². The highest BCUT2D eigenvalue weighted by molar-refractivity contribution is 7.92. The average Bonchev–Trinajstić information content (AvgIpc) is 2.51. The van der Waals surface area contributed by atoms with Crippen LogP contribution in [0.1, 0.15) is 12.5 Å². The van der Waals surface area contributed by atoms with Gasteiger partial charge in [-0.3, -0.25) is 4.72 Å². The highest BCUT2D eigenvalue weighted by atomic mass is 35.5. The van der Waals surface area contributed by atoms with E-state index >= 15 is 0 Å². The number of halogens is 2. The highest BCUT2D eigenvalue weighted by Crippen LogP contribution is 2.27. The summed E-state index contributed by atoms with van der Waals surface area (Å²) in [6.45, 7) is 1.88. The van der Waals surface area contributed by atoms with Crippen molar-refractivity contribution in [1.29, 1.82) is 0 Å². The Balaban J connectivity index is 2.36. The molecule has 0 fully saturated rings. The van der Waals surface area contributed by atoms with Crippen LogP contribution in [0.5, 0.6) is 5.75 Å². The van der Waals surface area contributed by atoms with Crippen LogP contribution in [0.2, 0.25) is 5.02 Å². The van der Waals surface area contributed by atoms with Gasteiger partial charge in [0.05, 0.1) is 18.2 Å². The zero-order chi connectivity index (χ0) is 17.0. The van der Waals surface area contributed by atoms with Gasteiger partial charge in [0.15, 0.2) is 5.82 Å². The Kier molecular flexibility index (Phi) is 5.46. The highest BCUT2D eigenvalue weighted by Gasteiger charge is 2.21. The molecular weight excluding hydrogens is 345 g/mol. The van der Waals surface area contributed by atoms with Crippen molar-refractivity contribution >= 4 is 27.3 Å². The van der Waals surface area contributed by atoms with Gasteiger partial charge in [0.25, 0.3) is 10.0 Å². The first-order valence-electron chi connectivity index (χ1n) is 6.72. The van der Waals surface area contributed by atoms with Crippen LogP contribution in [0.15, 0.2) is 41.3 Å². The van der Waals surface area contributed by atoms with Crippen molar-refractivity contribution in [3.05, 3.63) is 52.8 Å². The molecule has 2 rings (SSSR count). The second kappa shape index (κ2) is 7.16. The van der Waals surface area contributed by atoms with E-state index in [-0.39, 0.29) is 17.3 Å². The number of ether oxygens (including phenoxy) is 1. The Morgan fingerprint density at radius 1 is 1.30 bits per heavy atom. The lowest BCUT2D eigenvalue weighted by molar-refractivity contribution is 0.267. The third-order valence-corrected chi connectivity index (χ3v) is 4.68. The number of aliphatic hydroxyl groups is 1. The summed E-state index contributed by atoms with van der Waals surface area (Å²) in [7, 11) is -4.15. The molecule has 2 aromatic carbocycles. The largest absolute Gasteiger partial charge is 0.494 e. The standard InChI is InChI=1S/C15H15ClFNO4S/c1-2-22-13-7-6-11(8-10(13)9-19)18-23(20,21)14-5-3-4-12(16)15(14)17/h3-8,18-19H,2,9H2,1H3. The fourth-order valence-electron chi connectivity index (χ4n) is 1.96. The molecule has 0 aromatic heterocycles. The molecule has 0 amide bonds. The smallest absolute Gasteiger partial charge is 0.264 e. The van der Waals surface area contributed by atoms with Crippen molar-refractivity contribution in [2.75, 3.05) is 11.3 Å². The van der Waals surface area contributed by atoms with E-state index < -0.39 is 20.7 Å². The summed E-state index contributed by atoms with van der Waals surface area (Å²) < 4.78 is 46.0. The molecule has 0 radical (unpaired) electrons. The van der Waals surface area contributed by atoms with Gasteiger partial charge >= 0.3 is 0 Å². The number of hydrogen-bond acceptors (Lipinski definition) is 4. The van der Waals surface area contributed by atoms with Crippen molar-refractivity contribution in [3.63, 3.8) is 0 Å². The minimum Gasteiger partial charge on any atom is -0.494 e. The van der Waals surface area contributed by atoms with E-state index in [2.05, 4.69) is 4.72 Å². The lowest BCUT2D eigenvalue weighted by atomic mass is 10.2. The first-order valence-corrected chi connectivity index (χ1v) is 8.58. The fraction of sp³-hybridized carbons (Fsp3) is 0.200. The number of benzene rings is 2. The molecule has 2 aromatic rings. The molecule has 5 nitrogen and oxygen atoms in total. The zero-order valence-electron chi connectivity index (χ0n) is 12.2. The molecule has 124 valence electrons. The molecule has 2 N–H and O–H groups in total. The van der Waals surface area contributed by atoms with E-state index in [1.807, 2.05) is 0 Å². The Morgan fingerprint density at radius 2 is 2.04 bits per heavy atom. The summed E-state index contributed by atoms with van der Waals surface area (Å²) in [5.74, 6) is -0.568. The topological polar surface area (TPSA) is 75.6 Å². The first kappa shape index (κ1) is 17.5. The molecule has 0 aliphatic carbocycles. The predicted octanol–water partition coefficient (Wildman–Crippen LogP) is 3.17. The van der Waals surface area contributed by atoms with Gasteiger partial charge < -0.3 is 9.84 Å². The minimum absolute atomic E-state index is 0.178. The van der Waals surface area contributed by atoms with Crippen LogP contribution in [-0.2, 0) is 16.6 Å². The van der Waals surface area contributed by atoms with Crippen LogP contribution in [0.3, 0.4) is 0 Å². The Bertz CT molecular complexity index is 811. The van der Waals surface area contributed by atoms with Crippen LogP contribution >= 0.6 is 11.6 Å². The van der Waals surface area contributed by atoms with Crippen molar-refractivity contribution in [2.45, 2.75) is 18.4 Å². The average molecular weight is 360 g/mol. The van der Waals surface area contributed by atoms with Crippen molar-refractivity contribution < 1.29 is 22.7 Å². The molecule has 0 atom stereocenters. The van der Waals surface area contributed by atoms with E-state index in [4.69, 9.17) is 16.3 Å². The van der Waals surface area contributed by atoms with Crippen LogP contribution < -0.4 is 9.46 Å². The summed E-state index contributed by atoms with van der Waals surface area (Å²) in [5, 5.41) is 9.05. The molecule has 0 aliphatic rings. The van der Waals surface area contributed by atoms with Gasteiger partial charge in [-0.15, -0.1) is 0 Å². The molecule has 0 spiro atoms. The van der Waals surface area contributed by atoms with Crippen LogP contribution in [0.4, 0.5) is 10.1 Å². The monoisotopic (exact) mass is 359 g/mol. The second-order valence-electron chi connectivity index (χ2n) is 4.57. The maximum Gasteiger partial charge on any atom is 0.264 e. The van der Waals surface area contributed by atoms with E-state index in [0.29, 0.717) is 17.9 Å². The maximum atomic E-state index is 13.9. The Hall–Kier alpha value is -1.83. The summed E-state index contributed by atoms with van der Waals surface area (Å²) in [5.41, 5.74) is 0.593. The molecule has 0 aliphatic heterocycles. The van der Waals surface area contributed by atoms with Gasteiger partial charge in [-0.25, -0.2) is 12.8 Å². The SMILES string of the molecule is CCOc1ccc(NS(=O)(=O)c2cccc(Cl)c2F)cc1CO. The van der Waals surface area contributed by atoms with E-state index in [1.54, 1.807) is 6.92 Å². The van der Waals surface area contributed by atoms with Crippen molar-refractivity contribution in [1.82, 2.24) is 0 Å².